The number of carbonyl (C=O) groups excluding carboxylic acids is 1. The average molecular weight is 341 g/mol. The molecule has 0 aromatic heterocycles. The van der Waals surface area contributed by atoms with Crippen molar-refractivity contribution in [2.24, 2.45) is 5.41 Å². The summed E-state index contributed by atoms with van der Waals surface area (Å²) in [6, 6.07) is 3.25. The van der Waals surface area contributed by atoms with E-state index in [0.29, 0.717) is 0 Å². The molecule has 0 bridgehead atoms. The first-order valence-corrected chi connectivity index (χ1v) is 7.98. The number of unbranched alkanes of at least 4 members (excludes halogenated alkanes) is 1. The summed E-state index contributed by atoms with van der Waals surface area (Å²) in [4.78, 5) is 12.3. The van der Waals surface area contributed by atoms with Gasteiger partial charge in [0.05, 0.1) is 37.9 Å². The molecule has 0 unspecified atom stereocenters. The smallest absolute Gasteiger partial charge is 0.255 e. The predicted octanol–water partition coefficient (Wildman–Crippen LogP) is 0.437. The first-order chi connectivity index (χ1) is 11.5. The third-order valence-electron chi connectivity index (χ3n) is 4.09. The Kier molecular flexibility index (Phi) is 7.97. The van der Waals surface area contributed by atoms with E-state index >= 15 is 0 Å². The number of aryl methyl sites for hydroxylation is 1. The van der Waals surface area contributed by atoms with Crippen molar-refractivity contribution in [3.8, 4) is 11.5 Å². The monoisotopic (exact) mass is 341 g/mol. The summed E-state index contributed by atoms with van der Waals surface area (Å²) >= 11 is 0. The summed E-state index contributed by atoms with van der Waals surface area (Å²) in [6.45, 7) is 0.487. The molecule has 0 aliphatic rings. The standard InChI is InChI=1S/C17H27NO6/c1-3-4-5-12-6-7-13(14(22)15(12)24-2)16(23)18-8-17(9-19,10-20)11-21/h6-7,19-22H,3-5,8-11H2,1-2H3,(H,18,23). The van der Waals surface area contributed by atoms with Gasteiger partial charge in [0.15, 0.2) is 11.5 Å². The minimum absolute atomic E-state index is 0.0369. The van der Waals surface area contributed by atoms with Gasteiger partial charge < -0.3 is 30.5 Å². The zero-order valence-electron chi connectivity index (χ0n) is 14.2. The number of phenolic OH excluding ortho intramolecular Hbond substituents is 1. The molecule has 24 heavy (non-hydrogen) atoms. The second kappa shape index (κ2) is 9.46. The molecule has 0 saturated carbocycles. The van der Waals surface area contributed by atoms with Gasteiger partial charge in [-0.05, 0) is 24.5 Å². The first-order valence-electron chi connectivity index (χ1n) is 7.98. The third kappa shape index (κ3) is 4.59. The topological polar surface area (TPSA) is 119 Å². The fourth-order valence-corrected chi connectivity index (χ4v) is 2.27. The highest BCUT2D eigenvalue weighted by molar-refractivity contribution is 5.97. The van der Waals surface area contributed by atoms with E-state index in [1.165, 1.54) is 13.2 Å². The Morgan fingerprint density at radius 2 is 1.83 bits per heavy atom. The van der Waals surface area contributed by atoms with Crippen LogP contribution in [-0.2, 0) is 6.42 Å². The number of hydrogen-bond donors (Lipinski definition) is 5. The molecule has 1 amide bonds. The SMILES string of the molecule is CCCCc1ccc(C(=O)NCC(CO)(CO)CO)c(O)c1OC. The van der Waals surface area contributed by atoms with Crippen LogP contribution in [0.2, 0.25) is 0 Å². The average Bonchev–Trinajstić information content (AvgIpc) is 2.61. The van der Waals surface area contributed by atoms with Gasteiger partial charge in [-0.3, -0.25) is 4.79 Å². The lowest BCUT2D eigenvalue weighted by Crippen LogP contribution is -2.45. The number of benzene rings is 1. The van der Waals surface area contributed by atoms with Crippen molar-refractivity contribution in [3.05, 3.63) is 23.3 Å². The van der Waals surface area contributed by atoms with Crippen molar-refractivity contribution in [2.45, 2.75) is 26.2 Å². The number of aliphatic hydroxyl groups is 3. The summed E-state index contributed by atoms with van der Waals surface area (Å²) in [6.07, 6.45) is 2.67. The van der Waals surface area contributed by atoms with Crippen molar-refractivity contribution in [2.75, 3.05) is 33.5 Å². The normalized spacial score (nSPS) is 11.4. The van der Waals surface area contributed by atoms with Crippen molar-refractivity contribution in [1.29, 1.82) is 0 Å². The maximum Gasteiger partial charge on any atom is 0.255 e. The zero-order chi connectivity index (χ0) is 18.2. The lowest BCUT2D eigenvalue weighted by molar-refractivity contribution is 0.00698. The second-order valence-electron chi connectivity index (χ2n) is 5.91. The van der Waals surface area contributed by atoms with E-state index in [2.05, 4.69) is 12.2 Å². The highest BCUT2D eigenvalue weighted by atomic mass is 16.5. The molecule has 7 heteroatoms. The van der Waals surface area contributed by atoms with Crippen LogP contribution in [-0.4, -0.2) is 59.8 Å². The van der Waals surface area contributed by atoms with Gasteiger partial charge in [-0.15, -0.1) is 0 Å². The number of ether oxygens (including phenoxy) is 1. The number of amides is 1. The van der Waals surface area contributed by atoms with Crippen LogP contribution >= 0.6 is 0 Å². The highest BCUT2D eigenvalue weighted by Crippen LogP contribution is 2.34. The Bertz CT molecular complexity index is 534. The number of hydrogen-bond acceptors (Lipinski definition) is 6. The molecule has 7 nitrogen and oxygen atoms in total. The van der Waals surface area contributed by atoms with Crippen molar-refractivity contribution >= 4 is 5.91 Å². The Balaban J connectivity index is 2.95. The fraction of sp³-hybridized carbons (Fsp3) is 0.588. The minimum atomic E-state index is -1.21. The largest absolute Gasteiger partial charge is 0.504 e. The highest BCUT2D eigenvalue weighted by Gasteiger charge is 2.29. The van der Waals surface area contributed by atoms with E-state index in [-0.39, 0.29) is 23.6 Å². The lowest BCUT2D eigenvalue weighted by atomic mass is 9.91. The van der Waals surface area contributed by atoms with Crippen molar-refractivity contribution in [3.63, 3.8) is 0 Å². The van der Waals surface area contributed by atoms with Crippen LogP contribution in [0.5, 0.6) is 11.5 Å². The molecule has 1 aromatic carbocycles. The molecular weight excluding hydrogens is 314 g/mol. The molecular formula is C17H27NO6. The quantitative estimate of drug-likeness (QED) is 0.421. The number of methoxy groups -OCH3 is 1. The van der Waals surface area contributed by atoms with Gasteiger partial charge in [0.1, 0.15) is 0 Å². The van der Waals surface area contributed by atoms with Crippen LogP contribution in [0.3, 0.4) is 0 Å². The fourth-order valence-electron chi connectivity index (χ4n) is 2.27. The maximum atomic E-state index is 12.3. The van der Waals surface area contributed by atoms with Crippen LogP contribution < -0.4 is 10.1 Å². The van der Waals surface area contributed by atoms with E-state index in [9.17, 15) is 25.2 Å². The van der Waals surface area contributed by atoms with Gasteiger partial charge in [-0.1, -0.05) is 19.4 Å². The van der Waals surface area contributed by atoms with E-state index in [4.69, 9.17) is 4.74 Å². The molecule has 0 aliphatic carbocycles. The first kappa shape index (κ1) is 20.2. The molecule has 0 saturated heterocycles. The minimum Gasteiger partial charge on any atom is -0.504 e. The van der Waals surface area contributed by atoms with Gasteiger partial charge in [-0.2, -0.15) is 0 Å². The molecule has 0 aliphatic heterocycles. The van der Waals surface area contributed by atoms with Crippen LogP contribution in [0, 0.1) is 5.41 Å². The molecule has 0 atom stereocenters. The number of carbonyl (C=O) groups is 1. The third-order valence-corrected chi connectivity index (χ3v) is 4.09. The van der Waals surface area contributed by atoms with Crippen molar-refractivity contribution in [1.82, 2.24) is 5.32 Å². The Hall–Kier alpha value is -1.83. The van der Waals surface area contributed by atoms with Crippen LogP contribution in [0.25, 0.3) is 0 Å². The Labute approximate surface area is 141 Å². The molecule has 136 valence electrons. The van der Waals surface area contributed by atoms with Gasteiger partial charge >= 0.3 is 0 Å². The number of phenols is 1. The summed E-state index contributed by atoms with van der Waals surface area (Å²) in [5, 5.41) is 40.6. The summed E-state index contributed by atoms with van der Waals surface area (Å²) < 4.78 is 5.22. The molecule has 0 spiro atoms. The van der Waals surface area contributed by atoms with E-state index in [1.54, 1.807) is 6.07 Å². The van der Waals surface area contributed by atoms with Gasteiger partial charge in [0.25, 0.3) is 5.91 Å². The van der Waals surface area contributed by atoms with Gasteiger partial charge in [0, 0.05) is 6.54 Å². The van der Waals surface area contributed by atoms with E-state index < -0.39 is 31.1 Å². The summed E-state index contributed by atoms with van der Waals surface area (Å²) in [7, 11) is 1.43. The maximum absolute atomic E-state index is 12.3. The number of nitrogens with one attached hydrogen (secondary N) is 1. The molecule has 0 radical (unpaired) electrons. The Morgan fingerprint density at radius 1 is 1.21 bits per heavy atom. The molecule has 0 heterocycles. The number of rotatable bonds is 10. The number of aliphatic hydroxyl groups excluding tert-OH is 3. The van der Waals surface area contributed by atoms with Crippen LogP contribution in [0.15, 0.2) is 12.1 Å². The van der Waals surface area contributed by atoms with E-state index in [1.807, 2.05) is 0 Å². The van der Waals surface area contributed by atoms with E-state index in [0.717, 1.165) is 24.8 Å². The van der Waals surface area contributed by atoms with Crippen molar-refractivity contribution < 1.29 is 30.0 Å². The molecule has 0 fully saturated rings. The second-order valence-corrected chi connectivity index (χ2v) is 5.91. The number of aromatic hydroxyl groups is 1. The summed E-state index contributed by atoms with van der Waals surface area (Å²) in [5.74, 6) is -0.549. The zero-order valence-corrected chi connectivity index (χ0v) is 14.2. The molecule has 1 rings (SSSR count). The molecule has 1 aromatic rings. The van der Waals surface area contributed by atoms with Crippen LogP contribution in [0.1, 0.15) is 35.7 Å². The Morgan fingerprint density at radius 3 is 2.33 bits per heavy atom. The molecule has 5 N–H and O–H groups in total. The van der Waals surface area contributed by atoms with Gasteiger partial charge in [0.2, 0.25) is 0 Å². The predicted molar refractivity (Wildman–Crippen MR) is 89.3 cm³/mol. The summed E-state index contributed by atoms with van der Waals surface area (Å²) in [5.41, 5.74) is -0.352. The lowest BCUT2D eigenvalue weighted by Gasteiger charge is -2.27. The van der Waals surface area contributed by atoms with Crippen LogP contribution in [0.4, 0.5) is 0 Å². The van der Waals surface area contributed by atoms with Gasteiger partial charge in [-0.25, -0.2) is 0 Å².